The van der Waals surface area contributed by atoms with Crippen molar-refractivity contribution in [3.05, 3.63) is 35.9 Å². The van der Waals surface area contributed by atoms with Crippen molar-refractivity contribution in [1.82, 2.24) is 0 Å². The largest absolute Gasteiger partial charge is 0.481 e. The van der Waals surface area contributed by atoms with Crippen LogP contribution in [0.1, 0.15) is 44.3 Å². The normalized spacial score (nSPS) is 13.8. The Morgan fingerprint density at radius 1 is 1.16 bits per heavy atom. The summed E-state index contributed by atoms with van der Waals surface area (Å²) in [5.41, 5.74) is 0.612. The summed E-state index contributed by atoms with van der Waals surface area (Å²) < 4.78 is 0. The van der Waals surface area contributed by atoms with E-state index in [9.17, 15) is 19.8 Å². The first-order valence-electron chi connectivity index (χ1n) is 6.47. The summed E-state index contributed by atoms with van der Waals surface area (Å²) in [6.45, 7) is 1.52. The number of aliphatic hydroxyl groups is 1. The smallest absolute Gasteiger partial charge is 0.309 e. The Bertz CT molecular complexity index is 413. The number of aliphatic carboxylic acids is 1. The number of rotatable bonds is 8. The van der Waals surface area contributed by atoms with E-state index in [1.54, 1.807) is 24.3 Å². The van der Waals surface area contributed by atoms with E-state index in [4.69, 9.17) is 0 Å². The molecule has 4 nitrogen and oxygen atoms in total. The third-order valence-electron chi connectivity index (χ3n) is 3.13. The van der Waals surface area contributed by atoms with Gasteiger partial charge in [-0.3, -0.25) is 4.79 Å². The van der Waals surface area contributed by atoms with Gasteiger partial charge in [0, 0.05) is 6.42 Å². The van der Waals surface area contributed by atoms with E-state index in [1.165, 1.54) is 6.92 Å². The summed E-state index contributed by atoms with van der Waals surface area (Å²) in [5.74, 6) is -1.72. The van der Waals surface area contributed by atoms with E-state index in [0.717, 1.165) is 0 Å². The van der Waals surface area contributed by atoms with Crippen molar-refractivity contribution in [1.29, 1.82) is 0 Å². The lowest BCUT2D eigenvalue weighted by Gasteiger charge is -2.19. The first-order chi connectivity index (χ1) is 9.02. The fourth-order valence-corrected chi connectivity index (χ4v) is 2.04. The predicted octanol–water partition coefficient (Wildman–Crippen LogP) is 2.57. The molecule has 0 spiro atoms. The van der Waals surface area contributed by atoms with Gasteiger partial charge in [-0.1, -0.05) is 36.8 Å². The fourth-order valence-electron chi connectivity index (χ4n) is 2.04. The van der Waals surface area contributed by atoms with E-state index >= 15 is 0 Å². The van der Waals surface area contributed by atoms with E-state index in [0.29, 0.717) is 31.2 Å². The number of ketones is 1. The van der Waals surface area contributed by atoms with Crippen LogP contribution in [-0.4, -0.2) is 22.0 Å². The van der Waals surface area contributed by atoms with E-state index < -0.39 is 18.0 Å². The molecule has 0 saturated heterocycles. The van der Waals surface area contributed by atoms with Crippen LogP contribution in [0, 0.1) is 5.92 Å². The molecular formula is C15H20O4. The standard InChI is InChI=1S/C15H20O4/c1-11(16)7-5-6-10-13(15(18)19)14(17)12-8-3-2-4-9-12/h2-4,8-9,13-14,17H,5-7,10H2,1H3,(H,18,19)/t13-,14+/m1/s1. The lowest BCUT2D eigenvalue weighted by Crippen LogP contribution is -2.22. The molecule has 0 unspecified atom stereocenters. The molecule has 1 aromatic rings. The second-order valence-corrected chi connectivity index (χ2v) is 4.75. The number of aliphatic hydroxyl groups excluding tert-OH is 1. The molecule has 0 saturated carbocycles. The molecule has 104 valence electrons. The summed E-state index contributed by atoms with van der Waals surface area (Å²) in [7, 11) is 0. The molecule has 0 aromatic heterocycles. The van der Waals surface area contributed by atoms with Gasteiger partial charge in [0.2, 0.25) is 0 Å². The Morgan fingerprint density at radius 3 is 2.32 bits per heavy atom. The van der Waals surface area contributed by atoms with Gasteiger partial charge in [-0.15, -0.1) is 0 Å². The third-order valence-corrected chi connectivity index (χ3v) is 3.13. The highest BCUT2D eigenvalue weighted by atomic mass is 16.4. The van der Waals surface area contributed by atoms with Crippen LogP contribution in [0.5, 0.6) is 0 Å². The first kappa shape index (κ1) is 15.4. The van der Waals surface area contributed by atoms with Gasteiger partial charge < -0.3 is 15.0 Å². The summed E-state index contributed by atoms with van der Waals surface area (Å²) in [6, 6.07) is 8.80. The number of Topliss-reactive ketones (excluding diaryl/α,β-unsaturated/α-hetero) is 1. The number of unbranched alkanes of at least 4 members (excludes halogenated alkanes) is 1. The second kappa shape index (κ2) is 7.69. The average molecular weight is 264 g/mol. The van der Waals surface area contributed by atoms with Gasteiger partial charge in [-0.2, -0.15) is 0 Å². The minimum atomic E-state index is -1.00. The number of hydrogen-bond donors (Lipinski definition) is 2. The maximum absolute atomic E-state index is 11.2. The molecule has 2 atom stereocenters. The van der Waals surface area contributed by atoms with Crippen LogP contribution in [0.15, 0.2) is 30.3 Å². The SMILES string of the molecule is CC(=O)CCCC[C@@H](C(=O)O)[C@@H](O)c1ccccc1. The third kappa shape index (κ3) is 5.22. The lowest BCUT2D eigenvalue weighted by atomic mass is 9.91. The molecule has 19 heavy (non-hydrogen) atoms. The van der Waals surface area contributed by atoms with Crippen LogP contribution in [-0.2, 0) is 9.59 Å². The predicted molar refractivity (Wildman–Crippen MR) is 71.7 cm³/mol. The number of carbonyl (C=O) groups excluding carboxylic acids is 1. The van der Waals surface area contributed by atoms with Crippen molar-refractivity contribution >= 4 is 11.8 Å². The van der Waals surface area contributed by atoms with Gasteiger partial charge in [0.05, 0.1) is 12.0 Å². The van der Waals surface area contributed by atoms with Crippen LogP contribution in [0.25, 0.3) is 0 Å². The number of carbonyl (C=O) groups is 2. The molecule has 0 radical (unpaired) electrons. The number of benzene rings is 1. The Balaban J connectivity index is 2.57. The number of carboxylic acid groups (broad SMARTS) is 1. The topological polar surface area (TPSA) is 74.6 Å². The maximum Gasteiger partial charge on any atom is 0.309 e. The molecule has 4 heteroatoms. The first-order valence-corrected chi connectivity index (χ1v) is 6.47. The minimum Gasteiger partial charge on any atom is -0.481 e. The van der Waals surface area contributed by atoms with Gasteiger partial charge in [0.15, 0.2) is 0 Å². The summed E-state index contributed by atoms with van der Waals surface area (Å²) in [6.07, 6.45) is 1.13. The molecule has 0 aliphatic heterocycles. The molecule has 1 aromatic carbocycles. The summed E-state index contributed by atoms with van der Waals surface area (Å²) in [5, 5.41) is 19.3. The van der Waals surface area contributed by atoms with Crippen molar-refractivity contribution in [2.75, 3.05) is 0 Å². The summed E-state index contributed by atoms with van der Waals surface area (Å²) >= 11 is 0. The lowest BCUT2D eigenvalue weighted by molar-refractivity contribution is -0.146. The van der Waals surface area contributed by atoms with E-state index in [2.05, 4.69) is 0 Å². The van der Waals surface area contributed by atoms with E-state index in [-0.39, 0.29) is 5.78 Å². The van der Waals surface area contributed by atoms with E-state index in [1.807, 2.05) is 6.07 Å². The highest BCUT2D eigenvalue weighted by Gasteiger charge is 2.27. The van der Waals surface area contributed by atoms with Crippen molar-refractivity contribution in [2.45, 2.75) is 38.7 Å². The van der Waals surface area contributed by atoms with Gasteiger partial charge in [0.1, 0.15) is 5.78 Å². The monoisotopic (exact) mass is 264 g/mol. The molecule has 2 N–H and O–H groups in total. The fraction of sp³-hybridized carbons (Fsp3) is 0.467. The van der Waals surface area contributed by atoms with Crippen molar-refractivity contribution in [3.8, 4) is 0 Å². The molecule has 0 amide bonds. The molecule has 0 bridgehead atoms. The van der Waals surface area contributed by atoms with Crippen LogP contribution in [0.2, 0.25) is 0 Å². The highest BCUT2D eigenvalue weighted by Crippen LogP contribution is 2.26. The molecule has 0 fully saturated rings. The van der Waals surface area contributed by atoms with Crippen LogP contribution < -0.4 is 0 Å². The highest BCUT2D eigenvalue weighted by molar-refractivity contribution is 5.75. The van der Waals surface area contributed by atoms with Gasteiger partial charge in [-0.25, -0.2) is 0 Å². The molecule has 0 aliphatic carbocycles. The summed E-state index contributed by atoms with van der Waals surface area (Å²) in [4.78, 5) is 22.0. The van der Waals surface area contributed by atoms with Crippen molar-refractivity contribution < 1.29 is 19.8 Å². The van der Waals surface area contributed by atoms with Gasteiger partial charge in [0.25, 0.3) is 0 Å². The zero-order valence-corrected chi connectivity index (χ0v) is 11.1. The van der Waals surface area contributed by atoms with Crippen LogP contribution in [0.3, 0.4) is 0 Å². The molecule has 0 heterocycles. The Morgan fingerprint density at radius 2 is 1.79 bits per heavy atom. The zero-order valence-electron chi connectivity index (χ0n) is 11.1. The second-order valence-electron chi connectivity index (χ2n) is 4.75. The molecule has 1 rings (SSSR count). The Kier molecular flexibility index (Phi) is 6.22. The Hall–Kier alpha value is -1.68. The number of hydrogen-bond acceptors (Lipinski definition) is 3. The quantitative estimate of drug-likeness (QED) is 0.708. The molecule has 0 aliphatic rings. The molecular weight excluding hydrogens is 244 g/mol. The average Bonchev–Trinajstić information content (AvgIpc) is 2.38. The van der Waals surface area contributed by atoms with Crippen molar-refractivity contribution in [2.24, 2.45) is 5.92 Å². The zero-order chi connectivity index (χ0) is 14.3. The number of carboxylic acids is 1. The van der Waals surface area contributed by atoms with Crippen molar-refractivity contribution in [3.63, 3.8) is 0 Å². The van der Waals surface area contributed by atoms with Crippen LogP contribution >= 0.6 is 0 Å². The minimum absolute atomic E-state index is 0.107. The van der Waals surface area contributed by atoms with Crippen LogP contribution in [0.4, 0.5) is 0 Å². The Labute approximate surface area is 113 Å². The maximum atomic E-state index is 11.2. The van der Waals surface area contributed by atoms with Gasteiger partial charge in [-0.05, 0) is 25.3 Å². The van der Waals surface area contributed by atoms with Gasteiger partial charge >= 0.3 is 5.97 Å².